The summed E-state index contributed by atoms with van der Waals surface area (Å²) >= 11 is 0. The van der Waals surface area contributed by atoms with E-state index in [1.54, 1.807) is 48.0 Å². The van der Waals surface area contributed by atoms with E-state index in [9.17, 15) is 14.0 Å². The highest BCUT2D eigenvalue weighted by Crippen LogP contribution is 2.18. The molecule has 3 aromatic rings. The maximum absolute atomic E-state index is 13.3. The summed E-state index contributed by atoms with van der Waals surface area (Å²) in [5.74, 6) is -0.582. The molecule has 8 nitrogen and oxygen atoms in total. The molecule has 0 aliphatic heterocycles. The molecule has 0 bridgehead atoms. The molecule has 9 heteroatoms. The monoisotopic (exact) mass is 481 g/mol. The van der Waals surface area contributed by atoms with E-state index in [4.69, 9.17) is 4.74 Å². The molecule has 2 aromatic heterocycles. The maximum atomic E-state index is 13.3. The molecule has 3 rings (SSSR count). The highest BCUT2D eigenvalue weighted by Gasteiger charge is 2.23. The fourth-order valence-electron chi connectivity index (χ4n) is 3.64. The molecule has 0 aliphatic carbocycles. The van der Waals surface area contributed by atoms with Crippen molar-refractivity contribution in [3.63, 3.8) is 0 Å². The van der Waals surface area contributed by atoms with E-state index >= 15 is 0 Å². The third kappa shape index (κ3) is 7.11. The van der Waals surface area contributed by atoms with Crippen LogP contribution in [0.2, 0.25) is 0 Å². The lowest BCUT2D eigenvalue weighted by molar-refractivity contribution is 0.0232. The van der Waals surface area contributed by atoms with Gasteiger partial charge in [0.15, 0.2) is 0 Å². The van der Waals surface area contributed by atoms with Gasteiger partial charge in [-0.2, -0.15) is 5.10 Å². The molecule has 1 aromatic carbocycles. The second-order valence-electron chi connectivity index (χ2n) is 9.31. The number of aryl methyl sites for hydroxylation is 1. The van der Waals surface area contributed by atoms with Gasteiger partial charge in [-0.25, -0.2) is 13.9 Å². The van der Waals surface area contributed by atoms with Crippen molar-refractivity contribution in [2.75, 3.05) is 13.1 Å². The first-order valence-corrected chi connectivity index (χ1v) is 11.5. The molecule has 0 atom stereocenters. The van der Waals surface area contributed by atoms with Gasteiger partial charge in [0.05, 0.1) is 29.2 Å². The van der Waals surface area contributed by atoms with Gasteiger partial charge in [-0.05, 0) is 76.9 Å². The van der Waals surface area contributed by atoms with Gasteiger partial charge in [0.25, 0.3) is 5.91 Å². The van der Waals surface area contributed by atoms with Gasteiger partial charge in [-0.1, -0.05) is 6.07 Å². The van der Waals surface area contributed by atoms with Crippen LogP contribution in [0.1, 0.15) is 54.5 Å². The molecule has 1 N–H and O–H groups in total. The van der Waals surface area contributed by atoms with Crippen molar-refractivity contribution in [1.82, 2.24) is 25.0 Å². The van der Waals surface area contributed by atoms with E-state index in [1.165, 1.54) is 12.1 Å². The Labute approximate surface area is 205 Å². The maximum Gasteiger partial charge on any atom is 0.410 e. The number of carbonyl (C=O) groups excluding carboxylic acids is 2. The second kappa shape index (κ2) is 11.1. The van der Waals surface area contributed by atoms with Crippen molar-refractivity contribution in [1.29, 1.82) is 0 Å². The number of pyridine rings is 1. The van der Waals surface area contributed by atoms with Gasteiger partial charge in [0, 0.05) is 25.5 Å². The zero-order valence-corrected chi connectivity index (χ0v) is 20.8. The number of halogens is 1. The topological polar surface area (TPSA) is 89.4 Å². The molecule has 2 amide bonds. The first-order valence-electron chi connectivity index (χ1n) is 11.5. The smallest absolute Gasteiger partial charge is 0.410 e. The lowest BCUT2D eigenvalue weighted by Gasteiger charge is -2.27. The van der Waals surface area contributed by atoms with Crippen LogP contribution in [0.5, 0.6) is 0 Å². The Kier molecular flexibility index (Phi) is 8.22. The van der Waals surface area contributed by atoms with Crippen molar-refractivity contribution >= 4 is 12.0 Å². The van der Waals surface area contributed by atoms with Crippen LogP contribution in [-0.2, 0) is 11.3 Å². The number of ether oxygens (including phenoxy) is 1. The van der Waals surface area contributed by atoms with Gasteiger partial charge in [0.1, 0.15) is 11.4 Å². The summed E-state index contributed by atoms with van der Waals surface area (Å²) in [6, 6.07) is 9.66. The number of aromatic nitrogens is 3. The SMILES string of the molecule is Cc1nn(-c2ccc(F)cc2)c(C)c1C(=O)NCCCN(Cc1cccnc1)C(=O)OC(C)(C)C. The van der Waals surface area contributed by atoms with Gasteiger partial charge >= 0.3 is 6.09 Å². The molecule has 0 saturated carbocycles. The minimum absolute atomic E-state index is 0.246. The van der Waals surface area contributed by atoms with E-state index in [2.05, 4.69) is 15.4 Å². The summed E-state index contributed by atoms with van der Waals surface area (Å²) in [7, 11) is 0. The summed E-state index contributed by atoms with van der Waals surface area (Å²) in [6.07, 6.45) is 3.51. The fourth-order valence-corrected chi connectivity index (χ4v) is 3.64. The Morgan fingerprint density at radius 2 is 1.86 bits per heavy atom. The molecule has 0 saturated heterocycles. The second-order valence-corrected chi connectivity index (χ2v) is 9.31. The van der Waals surface area contributed by atoms with Gasteiger partial charge in [-0.15, -0.1) is 0 Å². The average molecular weight is 482 g/mol. The van der Waals surface area contributed by atoms with Crippen LogP contribution in [0.3, 0.4) is 0 Å². The zero-order chi connectivity index (χ0) is 25.6. The predicted octanol–water partition coefficient (Wildman–Crippen LogP) is 4.58. The Morgan fingerprint density at radius 1 is 1.14 bits per heavy atom. The molecule has 35 heavy (non-hydrogen) atoms. The fraction of sp³-hybridized carbons (Fsp3) is 0.385. The van der Waals surface area contributed by atoms with Crippen molar-refractivity contribution in [2.45, 2.75) is 53.2 Å². The largest absolute Gasteiger partial charge is 0.444 e. The van der Waals surface area contributed by atoms with Crippen LogP contribution in [0.15, 0.2) is 48.8 Å². The highest BCUT2D eigenvalue weighted by atomic mass is 19.1. The Hall–Kier alpha value is -3.75. The summed E-state index contributed by atoms with van der Waals surface area (Å²) in [4.78, 5) is 31.3. The molecule has 0 spiro atoms. The van der Waals surface area contributed by atoms with Crippen LogP contribution in [0.4, 0.5) is 9.18 Å². The standard InChI is InChI=1S/C26H32FN5O3/c1-18-23(19(2)32(30-18)22-11-9-21(27)10-12-22)24(33)29-14-7-15-31(25(34)35-26(3,4)5)17-20-8-6-13-28-16-20/h6,8-13,16H,7,14-15,17H2,1-5H3,(H,29,33). The Morgan fingerprint density at radius 3 is 2.49 bits per heavy atom. The minimum atomic E-state index is -0.613. The Balaban J connectivity index is 1.62. The number of amides is 2. The van der Waals surface area contributed by atoms with Crippen molar-refractivity contribution in [3.8, 4) is 5.69 Å². The Bertz CT molecular complexity index is 1150. The molecule has 0 aliphatic rings. The lowest BCUT2D eigenvalue weighted by atomic mass is 10.2. The zero-order valence-electron chi connectivity index (χ0n) is 20.8. The summed E-state index contributed by atoms with van der Waals surface area (Å²) in [6.45, 7) is 10.2. The molecular weight excluding hydrogens is 449 g/mol. The first kappa shape index (κ1) is 25.9. The summed E-state index contributed by atoms with van der Waals surface area (Å²) in [5.41, 5.74) is 2.68. The van der Waals surface area contributed by atoms with Crippen LogP contribution >= 0.6 is 0 Å². The first-order chi connectivity index (χ1) is 16.5. The average Bonchev–Trinajstić information content (AvgIpc) is 3.09. The number of hydrogen-bond acceptors (Lipinski definition) is 5. The molecule has 0 unspecified atom stereocenters. The molecule has 186 valence electrons. The van der Waals surface area contributed by atoms with E-state index in [0.29, 0.717) is 48.7 Å². The highest BCUT2D eigenvalue weighted by molar-refractivity contribution is 5.96. The number of rotatable bonds is 8. The van der Waals surface area contributed by atoms with Crippen LogP contribution in [-0.4, -0.2) is 50.4 Å². The molecule has 2 heterocycles. The molecular formula is C26H32FN5O3. The summed E-state index contributed by atoms with van der Waals surface area (Å²) in [5, 5.41) is 7.37. The van der Waals surface area contributed by atoms with Crippen molar-refractivity contribution in [2.24, 2.45) is 0 Å². The lowest BCUT2D eigenvalue weighted by Crippen LogP contribution is -2.38. The number of nitrogens with zero attached hydrogens (tertiary/aromatic N) is 4. The van der Waals surface area contributed by atoms with E-state index in [1.807, 2.05) is 32.9 Å². The predicted molar refractivity (Wildman–Crippen MR) is 131 cm³/mol. The third-order valence-electron chi connectivity index (χ3n) is 5.23. The molecule has 0 radical (unpaired) electrons. The van der Waals surface area contributed by atoms with E-state index in [0.717, 1.165) is 5.56 Å². The van der Waals surface area contributed by atoms with Crippen LogP contribution < -0.4 is 5.32 Å². The number of nitrogens with one attached hydrogen (secondary N) is 1. The normalized spacial score (nSPS) is 11.3. The van der Waals surface area contributed by atoms with Gasteiger partial charge in [0.2, 0.25) is 0 Å². The van der Waals surface area contributed by atoms with E-state index in [-0.39, 0.29) is 11.7 Å². The van der Waals surface area contributed by atoms with Crippen molar-refractivity contribution in [3.05, 3.63) is 77.1 Å². The van der Waals surface area contributed by atoms with Crippen LogP contribution in [0, 0.1) is 19.7 Å². The minimum Gasteiger partial charge on any atom is -0.444 e. The number of benzene rings is 1. The summed E-state index contributed by atoms with van der Waals surface area (Å²) < 4.78 is 20.4. The number of hydrogen-bond donors (Lipinski definition) is 1. The third-order valence-corrected chi connectivity index (χ3v) is 5.23. The van der Waals surface area contributed by atoms with Crippen LogP contribution in [0.25, 0.3) is 5.69 Å². The van der Waals surface area contributed by atoms with E-state index < -0.39 is 11.7 Å². The molecule has 0 fully saturated rings. The van der Waals surface area contributed by atoms with Gasteiger partial charge < -0.3 is 15.0 Å². The quantitative estimate of drug-likeness (QED) is 0.476. The number of carbonyl (C=O) groups is 2. The van der Waals surface area contributed by atoms with Gasteiger partial charge in [-0.3, -0.25) is 9.78 Å². The van der Waals surface area contributed by atoms with Crippen molar-refractivity contribution < 1.29 is 18.7 Å².